The number of piperazine rings is 1. The lowest BCUT2D eigenvalue weighted by molar-refractivity contribution is -0.134. The zero-order valence-electron chi connectivity index (χ0n) is 26.0. The number of carboxylic acids is 1. The van der Waals surface area contributed by atoms with Gasteiger partial charge in [-0.1, -0.05) is 72.8 Å². The number of rotatable bonds is 11. The first-order valence-electron chi connectivity index (χ1n) is 15.4. The first-order chi connectivity index (χ1) is 22.8. The molecule has 0 bridgehead atoms. The molecule has 1 fully saturated rings. The van der Waals surface area contributed by atoms with E-state index in [4.69, 9.17) is 4.74 Å². The molecule has 3 N–H and O–H groups in total. The van der Waals surface area contributed by atoms with Gasteiger partial charge in [0.25, 0.3) is 5.91 Å². The average molecular weight is 637 g/mol. The Hall–Kier alpha value is -5.78. The number of hydrogen-bond donors (Lipinski definition) is 3. The Labute approximate surface area is 272 Å². The minimum absolute atomic E-state index is 0.0700. The van der Waals surface area contributed by atoms with Crippen LogP contribution in [-0.2, 0) is 22.5 Å². The summed E-state index contributed by atoms with van der Waals surface area (Å²) in [5.41, 5.74) is 2.59. The van der Waals surface area contributed by atoms with Crippen LogP contribution in [0.5, 0.6) is 0 Å². The minimum Gasteiger partial charge on any atom is -0.478 e. The van der Waals surface area contributed by atoms with Crippen molar-refractivity contribution in [3.8, 4) is 11.4 Å². The predicted octanol–water partition coefficient (Wildman–Crippen LogP) is 4.10. The maximum Gasteiger partial charge on any atom is 0.409 e. The number of benzene rings is 3. The first kappa shape index (κ1) is 32.6. The van der Waals surface area contributed by atoms with Gasteiger partial charge in [-0.15, -0.1) is 0 Å². The summed E-state index contributed by atoms with van der Waals surface area (Å²) in [6.07, 6.45) is -0.323. The summed E-state index contributed by atoms with van der Waals surface area (Å²) >= 11 is 0. The molecule has 5 rings (SSSR count). The molecule has 1 aromatic heterocycles. The van der Waals surface area contributed by atoms with Crippen LogP contribution < -0.4 is 10.6 Å². The van der Waals surface area contributed by atoms with Crippen LogP contribution in [0.4, 0.5) is 10.6 Å². The van der Waals surface area contributed by atoms with Gasteiger partial charge < -0.3 is 30.3 Å². The van der Waals surface area contributed by atoms with Gasteiger partial charge in [-0.2, -0.15) is 0 Å². The molecular weight excluding hydrogens is 600 g/mol. The highest BCUT2D eigenvalue weighted by Gasteiger charge is 2.31. The van der Waals surface area contributed by atoms with Gasteiger partial charge >= 0.3 is 12.1 Å². The molecular formula is C35H36N6O6. The molecule has 3 aromatic carbocycles. The SMILES string of the molecule is CCOC(=O)N1CCN(C(=O)C(Cc2ccc(C(=O)O)cc2)NC(=O)c2cc(NCc3ccccc3)nc(-c3ccccc3)n2)CC1. The second-order valence-corrected chi connectivity index (χ2v) is 10.9. The fourth-order valence-electron chi connectivity index (χ4n) is 5.15. The molecule has 12 nitrogen and oxygen atoms in total. The Morgan fingerprint density at radius 3 is 2.11 bits per heavy atom. The number of aromatic nitrogens is 2. The Bertz CT molecular complexity index is 1690. The van der Waals surface area contributed by atoms with E-state index in [-0.39, 0.29) is 43.3 Å². The molecule has 0 saturated carbocycles. The highest BCUT2D eigenvalue weighted by Crippen LogP contribution is 2.19. The highest BCUT2D eigenvalue weighted by atomic mass is 16.6. The van der Waals surface area contributed by atoms with Crippen LogP contribution in [0.25, 0.3) is 11.4 Å². The maximum absolute atomic E-state index is 13.9. The second kappa shape index (κ2) is 15.5. The number of carboxylic acid groups (broad SMARTS) is 1. The van der Waals surface area contributed by atoms with E-state index < -0.39 is 24.0 Å². The zero-order valence-corrected chi connectivity index (χ0v) is 26.0. The van der Waals surface area contributed by atoms with Gasteiger partial charge in [0.05, 0.1) is 12.2 Å². The molecule has 0 spiro atoms. The number of amides is 3. The van der Waals surface area contributed by atoms with Gasteiger partial charge in [-0.05, 0) is 30.2 Å². The number of carbonyl (C=O) groups excluding carboxylic acids is 3. The molecule has 47 heavy (non-hydrogen) atoms. The first-order valence-corrected chi connectivity index (χ1v) is 15.4. The van der Waals surface area contributed by atoms with Gasteiger partial charge in [-0.3, -0.25) is 9.59 Å². The van der Waals surface area contributed by atoms with Crippen molar-refractivity contribution in [3.63, 3.8) is 0 Å². The molecule has 0 radical (unpaired) electrons. The third-order valence-electron chi connectivity index (χ3n) is 7.67. The van der Waals surface area contributed by atoms with E-state index in [2.05, 4.69) is 20.6 Å². The fourth-order valence-corrected chi connectivity index (χ4v) is 5.15. The van der Waals surface area contributed by atoms with Crippen LogP contribution in [0, 0.1) is 0 Å². The van der Waals surface area contributed by atoms with Crippen LogP contribution in [0.2, 0.25) is 0 Å². The van der Waals surface area contributed by atoms with Crippen LogP contribution in [-0.4, -0.2) is 87.6 Å². The van der Waals surface area contributed by atoms with Crippen molar-refractivity contribution < 1.29 is 29.0 Å². The Morgan fingerprint density at radius 2 is 1.47 bits per heavy atom. The molecule has 12 heteroatoms. The van der Waals surface area contributed by atoms with Crippen LogP contribution >= 0.6 is 0 Å². The molecule has 1 unspecified atom stereocenters. The topological polar surface area (TPSA) is 154 Å². The van der Waals surface area contributed by atoms with Gasteiger partial charge in [0.15, 0.2) is 5.82 Å². The number of hydrogen-bond acceptors (Lipinski definition) is 8. The molecule has 1 aliphatic heterocycles. The lowest BCUT2D eigenvalue weighted by atomic mass is 10.0. The van der Waals surface area contributed by atoms with Gasteiger partial charge in [0, 0.05) is 50.8 Å². The lowest BCUT2D eigenvalue weighted by Crippen LogP contribution is -2.56. The summed E-state index contributed by atoms with van der Waals surface area (Å²) in [7, 11) is 0. The van der Waals surface area contributed by atoms with Crippen LogP contribution in [0.1, 0.15) is 38.9 Å². The number of nitrogens with one attached hydrogen (secondary N) is 2. The maximum atomic E-state index is 13.9. The third kappa shape index (κ3) is 8.69. The molecule has 0 aliphatic carbocycles. The number of nitrogens with zero attached hydrogens (tertiary/aromatic N) is 4. The summed E-state index contributed by atoms with van der Waals surface area (Å²) in [5.74, 6) is -1.18. The van der Waals surface area contributed by atoms with E-state index in [1.54, 1.807) is 34.9 Å². The number of anilines is 1. The Balaban J connectivity index is 1.39. The van der Waals surface area contributed by atoms with E-state index in [1.807, 2.05) is 60.7 Å². The van der Waals surface area contributed by atoms with Crippen molar-refractivity contribution in [2.75, 3.05) is 38.1 Å². The molecule has 3 amide bonds. The predicted molar refractivity (Wildman–Crippen MR) is 175 cm³/mol. The minimum atomic E-state index is -1.06. The normalized spacial score (nSPS) is 13.4. The largest absolute Gasteiger partial charge is 0.478 e. The molecule has 1 atom stereocenters. The van der Waals surface area contributed by atoms with E-state index >= 15 is 0 Å². The van der Waals surface area contributed by atoms with Crippen LogP contribution in [0.3, 0.4) is 0 Å². The number of aromatic carboxylic acids is 1. The van der Waals surface area contributed by atoms with E-state index in [0.717, 1.165) is 11.1 Å². The van der Waals surface area contributed by atoms with Gasteiger partial charge in [0.2, 0.25) is 5.91 Å². The Morgan fingerprint density at radius 1 is 0.830 bits per heavy atom. The molecule has 1 saturated heterocycles. The average Bonchev–Trinajstić information content (AvgIpc) is 3.11. The van der Waals surface area contributed by atoms with Crippen molar-refractivity contribution in [2.24, 2.45) is 0 Å². The van der Waals surface area contributed by atoms with Crippen molar-refractivity contribution >= 4 is 29.7 Å². The summed E-state index contributed by atoms with van der Waals surface area (Å²) in [4.78, 5) is 63.7. The lowest BCUT2D eigenvalue weighted by Gasteiger charge is -2.36. The van der Waals surface area contributed by atoms with Crippen LogP contribution in [0.15, 0.2) is 91.0 Å². The van der Waals surface area contributed by atoms with E-state index in [9.17, 15) is 24.3 Å². The fraction of sp³-hybridized carbons (Fsp3) is 0.257. The van der Waals surface area contributed by atoms with E-state index in [0.29, 0.717) is 36.8 Å². The molecule has 1 aliphatic rings. The summed E-state index contributed by atoms with van der Waals surface area (Å²) in [5, 5.41) is 15.5. The molecule has 4 aromatic rings. The van der Waals surface area contributed by atoms with Crippen molar-refractivity contribution in [1.29, 1.82) is 0 Å². The summed E-state index contributed by atoms with van der Waals surface area (Å²) in [6, 6.07) is 25.8. The quantitative estimate of drug-likeness (QED) is 0.221. The zero-order chi connectivity index (χ0) is 33.2. The highest BCUT2D eigenvalue weighted by molar-refractivity contribution is 5.97. The molecule has 242 valence electrons. The third-order valence-corrected chi connectivity index (χ3v) is 7.67. The monoisotopic (exact) mass is 636 g/mol. The number of ether oxygens (including phenoxy) is 1. The van der Waals surface area contributed by atoms with Crippen molar-refractivity contribution in [1.82, 2.24) is 25.1 Å². The summed E-state index contributed by atoms with van der Waals surface area (Å²) in [6.45, 7) is 3.57. The van der Waals surface area contributed by atoms with Gasteiger partial charge in [-0.25, -0.2) is 19.6 Å². The van der Waals surface area contributed by atoms with Gasteiger partial charge in [0.1, 0.15) is 17.6 Å². The van der Waals surface area contributed by atoms with Crippen molar-refractivity contribution in [2.45, 2.75) is 25.9 Å². The van der Waals surface area contributed by atoms with E-state index in [1.165, 1.54) is 12.1 Å². The Kier molecular flexibility index (Phi) is 10.7. The smallest absolute Gasteiger partial charge is 0.409 e. The number of carbonyl (C=O) groups is 4. The second-order valence-electron chi connectivity index (χ2n) is 10.9. The van der Waals surface area contributed by atoms with Crippen molar-refractivity contribution in [3.05, 3.63) is 113 Å². The summed E-state index contributed by atoms with van der Waals surface area (Å²) < 4.78 is 5.09. The standard InChI is InChI=1S/C35H36N6O6/c1-2-47-35(46)41-19-17-40(18-20-41)33(43)29(21-24-13-15-27(16-14-24)34(44)45)38-32(42)28-22-30(36-23-25-9-5-3-6-10-25)39-31(37-28)26-11-7-4-8-12-26/h3-16,22,29H,2,17-21,23H2,1H3,(H,38,42)(H,44,45)(H,36,37,39). The molecule has 2 heterocycles.